The van der Waals surface area contributed by atoms with Gasteiger partial charge >= 0.3 is 5.97 Å². The van der Waals surface area contributed by atoms with Crippen LogP contribution in [0.4, 0.5) is 0 Å². The number of allylic oxidation sites excluding steroid dienone is 1. The van der Waals surface area contributed by atoms with Gasteiger partial charge < -0.3 is 9.47 Å². The van der Waals surface area contributed by atoms with E-state index in [-0.39, 0.29) is 12.2 Å². The van der Waals surface area contributed by atoms with Gasteiger partial charge in [-0.25, -0.2) is 9.79 Å². The van der Waals surface area contributed by atoms with Crippen LogP contribution >= 0.6 is 34.3 Å². The van der Waals surface area contributed by atoms with Crippen molar-refractivity contribution in [1.29, 1.82) is 0 Å². The van der Waals surface area contributed by atoms with Crippen molar-refractivity contribution in [2.75, 3.05) is 6.61 Å². The average Bonchev–Trinajstić information content (AvgIpc) is 3.52. The highest BCUT2D eigenvalue weighted by atomic mass is 35.5. The highest BCUT2D eigenvalue weighted by Gasteiger charge is 2.33. The van der Waals surface area contributed by atoms with Crippen molar-refractivity contribution < 1.29 is 14.3 Å². The number of hydrogen-bond donors (Lipinski definition) is 0. The monoisotopic (exact) mass is 550 g/mol. The second-order valence-electron chi connectivity index (χ2n) is 8.27. The van der Waals surface area contributed by atoms with Crippen molar-refractivity contribution in [3.05, 3.63) is 118 Å². The summed E-state index contributed by atoms with van der Waals surface area (Å²) in [6.45, 7) is 4.15. The Morgan fingerprint density at radius 1 is 1.14 bits per heavy atom. The van der Waals surface area contributed by atoms with E-state index in [1.165, 1.54) is 22.7 Å². The van der Waals surface area contributed by atoms with Crippen LogP contribution in [0.5, 0.6) is 5.75 Å². The van der Waals surface area contributed by atoms with E-state index < -0.39 is 12.0 Å². The number of esters is 1. The SMILES string of the molecule is CCOC(=O)C1=C(C)N=c2s/c(=C/c3ccc(OCc4ccccc4Cl)cc3)c(=O)n2[C@@H]1c1cccs1. The summed E-state index contributed by atoms with van der Waals surface area (Å²) in [5, 5.41) is 2.59. The van der Waals surface area contributed by atoms with Crippen molar-refractivity contribution in [2.45, 2.75) is 26.5 Å². The van der Waals surface area contributed by atoms with Crippen LogP contribution in [0.2, 0.25) is 5.02 Å². The van der Waals surface area contributed by atoms with Crippen LogP contribution in [0.1, 0.15) is 35.9 Å². The molecular weight excluding hydrogens is 528 g/mol. The second kappa shape index (κ2) is 10.9. The molecule has 1 atom stereocenters. The van der Waals surface area contributed by atoms with E-state index in [9.17, 15) is 9.59 Å². The molecule has 0 radical (unpaired) electrons. The molecule has 0 saturated heterocycles. The van der Waals surface area contributed by atoms with E-state index in [1.807, 2.05) is 72.1 Å². The summed E-state index contributed by atoms with van der Waals surface area (Å²) in [4.78, 5) is 32.5. The van der Waals surface area contributed by atoms with Gasteiger partial charge in [0.2, 0.25) is 0 Å². The van der Waals surface area contributed by atoms with Gasteiger partial charge in [0.05, 0.1) is 22.4 Å². The lowest BCUT2D eigenvalue weighted by atomic mass is 10.0. The minimum atomic E-state index is -0.571. The number of benzene rings is 2. The molecule has 2 aromatic carbocycles. The van der Waals surface area contributed by atoms with Crippen LogP contribution in [-0.2, 0) is 16.1 Å². The molecule has 0 N–H and O–H groups in total. The third-order valence-electron chi connectivity index (χ3n) is 5.86. The summed E-state index contributed by atoms with van der Waals surface area (Å²) in [6, 6.07) is 18.3. The van der Waals surface area contributed by atoms with Gasteiger partial charge in [0.1, 0.15) is 18.4 Å². The maximum atomic E-state index is 13.6. The Morgan fingerprint density at radius 2 is 1.92 bits per heavy atom. The van der Waals surface area contributed by atoms with E-state index in [2.05, 4.69) is 4.99 Å². The summed E-state index contributed by atoms with van der Waals surface area (Å²) in [5.74, 6) is 0.245. The van der Waals surface area contributed by atoms with Gasteiger partial charge in [-0.05, 0) is 55.1 Å². The van der Waals surface area contributed by atoms with Crippen molar-refractivity contribution in [3.63, 3.8) is 0 Å². The Labute approximate surface area is 226 Å². The first-order valence-corrected chi connectivity index (χ1v) is 13.7. The fourth-order valence-corrected chi connectivity index (χ4v) is 6.16. The lowest BCUT2D eigenvalue weighted by molar-refractivity contribution is -0.139. The van der Waals surface area contributed by atoms with Crippen LogP contribution in [0.25, 0.3) is 6.08 Å². The zero-order valence-electron chi connectivity index (χ0n) is 20.1. The van der Waals surface area contributed by atoms with E-state index in [0.717, 1.165) is 16.0 Å². The van der Waals surface area contributed by atoms with Gasteiger partial charge in [-0.15, -0.1) is 11.3 Å². The molecule has 0 amide bonds. The predicted octanol–water partition coefficient (Wildman–Crippen LogP) is 5.09. The molecule has 188 valence electrons. The molecule has 0 saturated carbocycles. The molecule has 5 rings (SSSR count). The van der Waals surface area contributed by atoms with Gasteiger partial charge in [-0.1, -0.05) is 59.3 Å². The largest absolute Gasteiger partial charge is 0.489 e. The fourth-order valence-electron chi connectivity index (χ4n) is 4.10. The third-order valence-corrected chi connectivity index (χ3v) is 8.14. The summed E-state index contributed by atoms with van der Waals surface area (Å²) in [7, 11) is 0. The minimum absolute atomic E-state index is 0.199. The maximum absolute atomic E-state index is 13.6. The number of halogens is 1. The number of nitrogens with zero attached hydrogens (tertiary/aromatic N) is 2. The normalized spacial score (nSPS) is 15.3. The molecule has 37 heavy (non-hydrogen) atoms. The number of ether oxygens (including phenoxy) is 2. The maximum Gasteiger partial charge on any atom is 0.338 e. The molecule has 1 aliphatic heterocycles. The van der Waals surface area contributed by atoms with Crippen LogP contribution in [0.15, 0.2) is 87.1 Å². The van der Waals surface area contributed by atoms with Crippen LogP contribution in [0, 0.1) is 0 Å². The summed E-state index contributed by atoms with van der Waals surface area (Å²) in [5.41, 5.74) is 2.51. The van der Waals surface area contributed by atoms with E-state index in [1.54, 1.807) is 18.4 Å². The molecule has 6 nitrogen and oxygen atoms in total. The highest BCUT2D eigenvalue weighted by Crippen LogP contribution is 2.33. The smallest absolute Gasteiger partial charge is 0.338 e. The zero-order valence-corrected chi connectivity index (χ0v) is 22.5. The molecule has 0 spiro atoms. The molecule has 4 aromatic rings. The van der Waals surface area contributed by atoms with Crippen LogP contribution in [-0.4, -0.2) is 17.1 Å². The summed E-state index contributed by atoms with van der Waals surface area (Å²) >= 11 is 9.00. The first-order valence-electron chi connectivity index (χ1n) is 11.7. The van der Waals surface area contributed by atoms with Crippen LogP contribution < -0.4 is 19.6 Å². The Bertz CT molecular complexity index is 1650. The minimum Gasteiger partial charge on any atom is -0.489 e. The molecule has 0 fully saturated rings. The number of rotatable bonds is 7. The van der Waals surface area contributed by atoms with Gasteiger partial charge in [0.15, 0.2) is 4.80 Å². The molecule has 0 bridgehead atoms. The first-order chi connectivity index (χ1) is 18.0. The van der Waals surface area contributed by atoms with Crippen LogP contribution in [0.3, 0.4) is 0 Å². The van der Waals surface area contributed by atoms with Gasteiger partial charge in [0, 0.05) is 15.5 Å². The third kappa shape index (κ3) is 5.18. The summed E-state index contributed by atoms with van der Waals surface area (Å²) in [6.07, 6.45) is 1.83. The number of thiazole rings is 1. The fraction of sp³-hybridized carbons (Fsp3) is 0.179. The summed E-state index contributed by atoms with van der Waals surface area (Å²) < 4.78 is 13.3. The molecule has 3 heterocycles. The van der Waals surface area contributed by atoms with E-state index >= 15 is 0 Å². The first kappa shape index (κ1) is 25.2. The quantitative estimate of drug-likeness (QED) is 0.300. The Kier molecular flexibility index (Phi) is 7.41. The van der Waals surface area contributed by atoms with Crippen molar-refractivity contribution in [2.24, 2.45) is 4.99 Å². The Hall–Kier alpha value is -3.46. The number of aromatic nitrogens is 1. The van der Waals surface area contributed by atoms with Gasteiger partial charge in [0.25, 0.3) is 5.56 Å². The van der Waals surface area contributed by atoms with Crippen molar-refractivity contribution >= 4 is 46.3 Å². The number of carbonyl (C=O) groups excluding carboxylic acids is 1. The Balaban J connectivity index is 1.47. The number of hydrogen-bond acceptors (Lipinski definition) is 7. The van der Waals surface area contributed by atoms with E-state index in [4.69, 9.17) is 21.1 Å². The topological polar surface area (TPSA) is 69.9 Å². The highest BCUT2D eigenvalue weighted by molar-refractivity contribution is 7.10. The van der Waals surface area contributed by atoms with E-state index in [0.29, 0.717) is 38.0 Å². The van der Waals surface area contributed by atoms with Crippen molar-refractivity contribution in [1.82, 2.24) is 4.57 Å². The standard InChI is InChI=1S/C28H23ClN2O4S2/c1-3-34-27(33)24-17(2)30-28-31(25(24)22-9-6-14-36-22)26(32)23(37-28)15-18-10-12-20(13-11-18)35-16-19-7-4-5-8-21(19)29/h4-15,25H,3,16H2,1-2H3/b23-15+/t25-/m1/s1. The zero-order chi connectivity index (χ0) is 25.9. The lowest BCUT2D eigenvalue weighted by Crippen LogP contribution is -2.39. The van der Waals surface area contributed by atoms with Gasteiger partial charge in [-0.3, -0.25) is 9.36 Å². The molecule has 0 aliphatic carbocycles. The molecule has 2 aromatic heterocycles. The number of fused-ring (bicyclic) bond motifs is 1. The molecule has 0 unspecified atom stereocenters. The average molecular weight is 551 g/mol. The predicted molar refractivity (Wildman–Crippen MR) is 147 cm³/mol. The molecular formula is C28H23ClN2O4S2. The van der Waals surface area contributed by atoms with Gasteiger partial charge in [-0.2, -0.15) is 0 Å². The second-order valence-corrected chi connectivity index (χ2v) is 10.7. The Morgan fingerprint density at radius 3 is 2.62 bits per heavy atom. The number of thiophene rings is 1. The molecule has 9 heteroatoms. The van der Waals surface area contributed by atoms with Crippen molar-refractivity contribution in [3.8, 4) is 5.75 Å². The number of carbonyl (C=O) groups is 1. The lowest BCUT2D eigenvalue weighted by Gasteiger charge is -2.23. The molecule has 1 aliphatic rings.